The molecule has 0 unspecified atom stereocenters. The molecule has 1 rings (SSSR count). The first kappa shape index (κ1) is 11.7. The maximum Gasteiger partial charge on any atom is 0.320 e. The van der Waals surface area contributed by atoms with Gasteiger partial charge in [-0.1, -0.05) is 43.7 Å². The fourth-order valence-corrected chi connectivity index (χ4v) is 1.44. The van der Waals surface area contributed by atoms with E-state index in [0.29, 0.717) is 13.0 Å². The number of nitrogens with one attached hydrogen (secondary N) is 1. The van der Waals surface area contributed by atoms with E-state index in [1.807, 2.05) is 37.3 Å². The zero-order valence-electron chi connectivity index (χ0n) is 8.94. The fourth-order valence-electron chi connectivity index (χ4n) is 1.44. The molecule has 3 nitrogen and oxygen atoms in total. The summed E-state index contributed by atoms with van der Waals surface area (Å²) < 4.78 is 0. The van der Waals surface area contributed by atoms with Gasteiger partial charge in [0.1, 0.15) is 6.04 Å². The minimum absolute atomic E-state index is 0.435. The van der Waals surface area contributed by atoms with Gasteiger partial charge in [0, 0.05) is 6.54 Å². The van der Waals surface area contributed by atoms with E-state index in [2.05, 4.69) is 5.32 Å². The van der Waals surface area contributed by atoms with Gasteiger partial charge < -0.3 is 10.4 Å². The predicted molar refractivity (Wildman–Crippen MR) is 59.6 cm³/mol. The molecule has 15 heavy (non-hydrogen) atoms. The third kappa shape index (κ3) is 4.13. The Balaban J connectivity index is 2.43. The Morgan fingerprint density at radius 2 is 2.07 bits per heavy atom. The van der Waals surface area contributed by atoms with Gasteiger partial charge in [-0.2, -0.15) is 0 Å². The van der Waals surface area contributed by atoms with E-state index in [0.717, 1.165) is 12.0 Å². The van der Waals surface area contributed by atoms with Crippen molar-refractivity contribution in [3.63, 3.8) is 0 Å². The number of carbonyl (C=O) groups is 1. The van der Waals surface area contributed by atoms with Crippen molar-refractivity contribution < 1.29 is 9.90 Å². The van der Waals surface area contributed by atoms with Crippen LogP contribution >= 0.6 is 0 Å². The molecule has 0 saturated carbocycles. The highest BCUT2D eigenvalue weighted by atomic mass is 16.4. The lowest BCUT2D eigenvalue weighted by Gasteiger charge is -2.13. The molecule has 0 bridgehead atoms. The Bertz CT molecular complexity index is 298. The largest absolute Gasteiger partial charge is 0.480 e. The molecule has 0 spiro atoms. The zero-order chi connectivity index (χ0) is 11.1. The first-order valence-electron chi connectivity index (χ1n) is 5.24. The molecule has 3 heteroatoms. The average Bonchev–Trinajstić information content (AvgIpc) is 2.25. The molecular weight excluding hydrogens is 190 g/mol. The van der Waals surface area contributed by atoms with Crippen LogP contribution in [-0.4, -0.2) is 17.1 Å². The fraction of sp³-hybridized carbons (Fsp3) is 0.417. The summed E-state index contributed by atoms with van der Waals surface area (Å²) in [4.78, 5) is 10.8. The number of carboxylic acids is 1. The standard InChI is InChI=1S/C12H17NO2/c1-2-6-11(12(14)15)13-9-10-7-4-3-5-8-10/h3-5,7-8,11,13H,2,6,9H2,1H3,(H,14,15)/t11-/m0/s1. The van der Waals surface area contributed by atoms with Crippen molar-refractivity contribution in [2.24, 2.45) is 0 Å². The van der Waals surface area contributed by atoms with Gasteiger partial charge in [0.2, 0.25) is 0 Å². The quantitative estimate of drug-likeness (QED) is 0.750. The van der Waals surface area contributed by atoms with Crippen molar-refractivity contribution in [2.45, 2.75) is 32.4 Å². The average molecular weight is 207 g/mol. The molecular formula is C12H17NO2. The van der Waals surface area contributed by atoms with Crippen LogP contribution in [0.4, 0.5) is 0 Å². The van der Waals surface area contributed by atoms with Crippen molar-refractivity contribution in [2.75, 3.05) is 0 Å². The Labute approximate surface area is 90.1 Å². The van der Waals surface area contributed by atoms with Gasteiger partial charge in [-0.15, -0.1) is 0 Å². The van der Waals surface area contributed by atoms with Gasteiger partial charge in [0.25, 0.3) is 0 Å². The van der Waals surface area contributed by atoms with Crippen LogP contribution in [0.2, 0.25) is 0 Å². The zero-order valence-corrected chi connectivity index (χ0v) is 8.94. The van der Waals surface area contributed by atoms with E-state index >= 15 is 0 Å². The van der Waals surface area contributed by atoms with Crippen LogP contribution in [0.3, 0.4) is 0 Å². The van der Waals surface area contributed by atoms with E-state index in [-0.39, 0.29) is 0 Å². The highest BCUT2D eigenvalue weighted by Gasteiger charge is 2.14. The molecule has 0 aromatic heterocycles. The minimum atomic E-state index is -0.771. The molecule has 0 heterocycles. The third-order valence-electron chi connectivity index (χ3n) is 2.27. The summed E-state index contributed by atoms with van der Waals surface area (Å²) in [7, 11) is 0. The monoisotopic (exact) mass is 207 g/mol. The Morgan fingerprint density at radius 3 is 2.60 bits per heavy atom. The molecule has 1 atom stereocenters. The summed E-state index contributed by atoms with van der Waals surface area (Å²) in [6.45, 7) is 2.60. The van der Waals surface area contributed by atoms with E-state index in [1.54, 1.807) is 0 Å². The third-order valence-corrected chi connectivity index (χ3v) is 2.27. The van der Waals surface area contributed by atoms with Gasteiger partial charge in [0.05, 0.1) is 0 Å². The van der Waals surface area contributed by atoms with Crippen molar-refractivity contribution >= 4 is 5.97 Å². The van der Waals surface area contributed by atoms with Crippen LogP contribution in [-0.2, 0) is 11.3 Å². The van der Waals surface area contributed by atoms with Crippen LogP contribution in [0.1, 0.15) is 25.3 Å². The van der Waals surface area contributed by atoms with E-state index < -0.39 is 12.0 Å². The summed E-state index contributed by atoms with van der Waals surface area (Å²) in [5, 5.41) is 12.0. The van der Waals surface area contributed by atoms with Gasteiger partial charge in [-0.05, 0) is 12.0 Å². The lowest BCUT2D eigenvalue weighted by Crippen LogP contribution is -2.35. The van der Waals surface area contributed by atoms with Crippen LogP contribution in [0.25, 0.3) is 0 Å². The number of carboxylic acid groups (broad SMARTS) is 1. The first-order chi connectivity index (χ1) is 7.24. The molecule has 82 valence electrons. The van der Waals surface area contributed by atoms with Gasteiger partial charge >= 0.3 is 5.97 Å². The summed E-state index contributed by atoms with van der Waals surface area (Å²) in [6.07, 6.45) is 1.54. The number of rotatable bonds is 6. The molecule has 0 amide bonds. The lowest BCUT2D eigenvalue weighted by molar-refractivity contribution is -0.139. The maximum absolute atomic E-state index is 10.8. The molecule has 0 aliphatic heterocycles. The van der Waals surface area contributed by atoms with E-state index in [1.165, 1.54) is 0 Å². The van der Waals surface area contributed by atoms with Crippen LogP contribution in [0.5, 0.6) is 0 Å². The molecule has 0 aliphatic carbocycles. The van der Waals surface area contributed by atoms with Gasteiger partial charge in [0.15, 0.2) is 0 Å². The Kier molecular flexibility index (Phi) is 4.84. The lowest BCUT2D eigenvalue weighted by atomic mass is 10.1. The minimum Gasteiger partial charge on any atom is -0.480 e. The normalized spacial score (nSPS) is 12.3. The van der Waals surface area contributed by atoms with Crippen molar-refractivity contribution in [1.82, 2.24) is 5.32 Å². The molecule has 2 N–H and O–H groups in total. The summed E-state index contributed by atoms with van der Waals surface area (Å²) in [5.41, 5.74) is 1.11. The summed E-state index contributed by atoms with van der Waals surface area (Å²) in [5.74, 6) is -0.771. The second-order valence-electron chi connectivity index (χ2n) is 3.55. The second-order valence-corrected chi connectivity index (χ2v) is 3.55. The highest BCUT2D eigenvalue weighted by Crippen LogP contribution is 2.01. The van der Waals surface area contributed by atoms with Crippen molar-refractivity contribution in [3.8, 4) is 0 Å². The molecule has 0 saturated heterocycles. The molecule has 0 fully saturated rings. The molecule has 1 aromatic carbocycles. The maximum atomic E-state index is 10.8. The molecule has 1 aromatic rings. The van der Waals surface area contributed by atoms with Crippen LogP contribution in [0.15, 0.2) is 30.3 Å². The summed E-state index contributed by atoms with van der Waals surface area (Å²) >= 11 is 0. The Hall–Kier alpha value is -1.35. The molecule has 0 aliphatic rings. The van der Waals surface area contributed by atoms with Crippen LogP contribution in [0, 0.1) is 0 Å². The SMILES string of the molecule is CCC[C@H](NCc1ccccc1)C(=O)O. The van der Waals surface area contributed by atoms with Crippen molar-refractivity contribution in [1.29, 1.82) is 0 Å². The Morgan fingerprint density at radius 1 is 1.40 bits per heavy atom. The predicted octanol–water partition coefficient (Wildman–Crippen LogP) is 2.03. The first-order valence-corrected chi connectivity index (χ1v) is 5.24. The second kappa shape index (κ2) is 6.19. The van der Waals surface area contributed by atoms with Crippen LogP contribution < -0.4 is 5.32 Å². The number of benzene rings is 1. The molecule has 0 radical (unpaired) electrons. The number of hydrogen-bond acceptors (Lipinski definition) is 2. The van der Waals surface area contributed by atoms with E-state index in [4.69, 9.17) is 5.11 Å². The van der Waals surface area contributed by atoms with Gasteiger partial charge in [-0.3, -0.25) is 4.79 Å². The highest BCUT2D eigenvalue weighted by molar-refractivity contribution is 5.73. The van der Waals surface area contributed by atoms with Gasteiger partial charge in [-0.25, -0.2) is 0 Å². The smallest absolute Gasteiger partial charge is 0.320 e. The van der Waals surface area contributed by atoms with Crippen molar-refractivity contribution in [3.05, 3.63) is 35.9 Å². The summed E-state index contributed by atoms with van der Waals surface area (Å²) in [6, 6.07) is 9.38. The topological polar surface area (TPSA) is 49.3 Å². The number of aliphatic carboxylic acids is 1. The number of hydrogen-bond donors (Lipinski definition) is 2. The van der Waals surface area contributed by atoms with E-state index in [9.17, 15) is 4.79 Å².